The molecule has 1 aromatic carbocycles. The third-order valence-corrected chi connectivity index (χ3v) is 4.51. The van der Waals surface area contributed by atoms with Crippen LogP contribution in [0.5, 0.6) is 0 Å². The summed E-state index contributed by atoms with van der Waals surface area (Å²) in [7, 11) is 0. The Balaban J connectivity index is 1.64. The maximum atomic E-state index is 12.5. The van der Waals surface area contributed by atoms with Gasteiger partial charge in [-0.2, -0.15) is 5.10 Å². The monoisotopic (exact) mass is 311 g/mol. The highest BCUT2D eigenvalue weighted by Gasteiger charge is 2.26. The minimum atomic E-state index is -0.163. The number of rotatable bonds is 3. The molecular weight excluding hydrogens is 290 g/mol. The van der Waals surface area contributed by atoms with Crippen molar-refractivity contribution >= 4 is 5.91 Å². The number of hydrogen-bond donors (Lipinski definition) is 1. The number of nitrogens with zero attached hydrogens (tertiary/aromatic N) is 3. The predicted molar refractivity (Wildman–Crippen MR) is 87.0 cm³/mol. The lowest BCUT2D eigenvalue weighted by atomic mass is 9.87. The van der Waals surface area contributed by atoms with Gasteiger partial charge in [-0.1, -0.05) is 24.3 Å². The Labute approximate surface area is 136 Å². The maximum absolute atomic E-state index is 12.5. The van der Waals surface area contributed by atoms with Crippen LogP contribution in [-0.4, -0.2) is 39.2 Å². The van der Waals surface area contributed by atoms with Gasteiger partial charge in [-0.15, -0.1) is 5.10 Å². The van der Waals surface area contributed by atoms with E-state index in [0.717, 1.165) is 25.9 Å². The summed E-state index contributed by atoms with van der Waals surface area (Å²) in [5, 5.41) is 16.7. The normalized spacial score (nSPS) is 15.7. The number of carbonyl (C=O) groups excluding carboxylic acids is 1. The Morgan fingerprint density at radius 1 is 1.17 bits per heavy atom. The number of aliphatic hydroxyl groups excluding tert-OH is 1. The highest BCUT2D eigenvalue weighted by molar-refractivity contribution is 5.92. The first-order valence-electron chi connectivity index (χ1n) is 7.97. The zero-order valence-electron chi connectivity index (χ0n) is 13.3. The summed E-state index contributed by atoms with van der Waals surface area (Å²) >= 11 is 0. The Kier molecular flexibility index (Phi) is 4.67. The molecule has 0 aliphatic carbocycles. The van der Waals surface area contributed by atoms with Gasteiger partial charge in [-0.05, 0) is 48.9 Å². The molecule has 2 aromatic rings. The predicted octanol–water partition coefficient (Wildman–Crippen LogP) is 2.30. The molecule has 0 spiro atoms. The molecule has 1 saturated heterocycles. The number of amides is 1. The number of aliphatic hydroxyl groups is 1. The standard InChI is InChI=1S/C18H21N3O2/c1-13-4-2-3-5-16(13)14-8-10-21(11-9-14)18(23)17-7-6-15(12-22)19-20-17/h2-7,14,22H,8-12H2,1H3. The van der Waals surface area contributed by atoms with Crippen molar-refractivity contribution in [1.82, 2.24) is 15.1 Å². The summed E-state index contributed by atoms with van der Waals surface area (Å²) in [5.74, 6) is 0.438. The van der Waals surface area contributed by atoms with Gasteiger partial charge in [0.05, 0.1) is 12.3 Å². The van der Waals surface area contributed by atoms with Gasteiger partial charge < -0.3 is 10.0 Å². The maximum Gasteiger partial charge on any atom is 0.274 e. The number of likely N-dealkylation sites (tertiary alicyclic amines) is 1. The average Bonchev–Trinajstić information content (AvgIpc) is 2.62. The van der Waals surface area contributed by atoms with E-state index in [4.69, 9.17) is 5.11 Å². The molecule has 1 aliphatic rings. The summed E-state index contributed by atoms with van der Waals surface area (Å²) < 4.78 is 0. The Morgan fingerprint density at radius 2 is 1.91 bits per heavy atom. The zero-order chi connectivity index (χ0) is 16.2. The van der Waals surface area contributed by atoms with Crippen molar-refractivity contribution in [3.8, 4) is 0 Å². The van der Waals surface area contributed by atoms with Gasteiger partial charge in [0.2, 0.25) is 0 Å². The van der Waals surface area contributed by atoms with Crippen molar-refractivity contribution in [2.75, 3.05) is 13.1 Å². The van der Waals surface area contributed by atoms with Crippen LogP contribution in [0.4, 0.5) is 0 Å². The molecule has 0 unspecified atom stereocenters. The molecular formula is C18H21N3O2. The van der Waals surface area contributed by atoms with E-state index in [1.54, 1.807) is 12.1 Å². The van der Waals surface area contributed by atoms with Crippen molar-refractivity contribution < 1.29 is 9.90 Å². The molecule has 5 heteroatoms. The van der Waals surface area contributed by atoms with Crippen LogP contribution in [0.15, 0.2) is 36.4 Å². The molecule has 3 rings (SSSR count). The third-order valence-electron chi connectivity index (χ3n) is 4.51. The number of benzene rings is 1. The van der Waals surface area contributed by atoms with E-state index in [1.807, 2.05) is 4.90 Å². The largest absolute Gasteiger partial charge is 0.390 e. The lowest BCUT2D eigenvalue weighted by Gasteiger charge is -2.32. The number of aryl methyl sites for hydroxylation is 1. The first-order valence-corrected chi connectivity index (χ1v) is 7.97. The Morgan fingerprint density at radius 3 is 2.52 bits per heavy atom. The molecule has 0 bridgehead atoms. The summed E-state index contributed by atoms with van der Waals surface area (Å²) in [4.78, 5) is 14.3. The molecule has 5 nitrogen and oxygen atoms in total. The summed E-state index contributed by atoms with van der Waals surface area (Å²) in [6.07, 6.45) is 1.94. The molecule has 1 N–H and O–H groups in total. The zero-order valence-corrected chi connectivity index (χ0v) is 13.3. The number of carbonyl (C=O) groups is 1. The average molecular weight is 311 g/mol. The van der Waals surface area contributed by atoms with Crippen molar-refractivity contribution in [2.45, 2.75) is 32.3 Å². The highest BCUT2D eigenvalue weighted by Crippen LogP contribution is 2.30. The van der Waals surface area contributed by atoms with Crippen molar-refractivity contribution in [3.63, 3.8) is 0 Å². The number of hydrogen-bond acceptors (Lipinski definition) is 4. The van der Waals surface area contributed by atoms with Gasteiger partial charge in [-0.3, -0.25) is 4.79 Å². The molecule has 2 heterocycles. The molecule has 1 fully saturated rings. The molecule has 1 amide bonds. The second-order valence-corrected chi connectivity index (χ2v) is 5.99. The van der Waals surface area contributed by atoms with Gasteiger partial charge >= 0.3 is 0 Å². The van der Waals surface area contributed by atoms with Crippen LogP contribution in [0.25, 0.3) is 0 Å². The highest BCUT2D eigenvalue weighted by atomic mass is 16.3. The first kappa shape index (κ1) is 15.6. The van der Waals surface area contributed by atoms with Gasteiger partial charge in [0.1, 0.15) is 0 Å². The fraction of sp³-hybridized carbons (Fsp3) is 0.389. The lowest BCUT2D eigenvalue weighted by molar-refractivity contribution is 0.0705. The van der Waals surface area contributed by atoms with Crippen molar-refractivity contribution in [2.24, 2.45) is 0 Å². The van der Waals surface area contributed by atoms with Gasteiger partial charge in [0.15, 0.2) is 5.69 Å². The van der Waals surface area contributed by atoms with Crippen LogP contribution in [-0.2, 0) is 6.61 Å². The summed E-state index contributed by atoms with van der Waals surface area (Å²) in [6, 6.07) is 11.8. The summed E-state index contributed by atoms with van der Waals surface area (Å²) in [5.41, 5.74) is 3.53. The fourth-order valence-corrected chi connectivity index (χ4v) is 3.16. The SMILES string of the molecule is Cc1ccccc1C1CCN(C(=O)c2ccc(CO)nn2)CC1. The van der Waals surface area contributed by atoms with E-state index in [2.05, 4.69) is 41.4 Å². The first-order chi connectivity index (χ1) is 11.2. The van der Waals surface area contributed by atoms with E-state index >= 15 is 0 Å². The van der Waals surface area contributed by atoms with Crippen LogP contribution in [0.3, 0.4) is 0 Å². The number of aromatic nitrogens is 2. The van der Waals surface area contributed by atoms with Crippen LogP contribution in [0, 0.1) is 6.92 Å². The molecule has 120 valence electrons. The van der Waals surface area contributed by atoms with E-state index in [9.17, 15) is 4.79 Å². The quantitative estimate of drug-likeness (QED) is 0.944. The van der Waals surface area contributed by atoms with Gasteiger partial charge in [0, 0.05) is 13.1 Å². The Bertz CT molecular complexity index is 677. The topological polar surface area (TPSA) is 66.3 Å². The lowest BCUT2D eigenvalue weighted by Crippen LogP contribution is -2.38. The molecule has 0 radical (unpaired) electrons. The number of piperidine rings is 1. The second-order valence-electron chi connectivity index (χ2n) is 5.99. The third kappa shape index (κ3) is 3.40. The van der Waals surface area contributed by atoms with Crippen LogP contribution in [0.2, 0.25) is 0 Å². The molecule has 1 aliphatic heterocycles. The van der Waals surface area contributed by atoms with Crippen LogP contribution < -0.4 is 0 Å². The van der Waals surface area contributed by atoms with E-state index in [1.165, 1.54) is 11.1 Å². The van der Waals surface area contributed by atoms with Gasteiger partial charge in [0.25, 0.3) is 5.91 Å². The van der Waals surface area contributed by atoms with E-state index < -0.39 is 0 Å². The minimum absolute atomic E-state index is 0.0785. The second kappa shape index (κ2) is 6.87. The molecule has 0 saturated carbocycles. The Hall–Kier alpha value is -2.27. The molecule has 0 atom stereocenters. The van der Waals surface area contributed by atoms with Gasteiger partial charge in [-0.25, -0.2) is 0 Å². The van der Waals surface area contributed by atoms with Crippen molar-refractivity contribution in [1.29, 1.82) is 0 Å². The smallest absolute Gasteiger partial charge is 0.274 e. The van der Waals surface area contributed by atoms with E-state index in [0.29, 0.717) is 17.3 Å². The van der Waals surface area contributed by atoms with Crippen LogP contribution in [0.1, 0.15) is 46.1 Å². The summed E-state index contributed by atoms with van der Waals surface area (Å²) in [6.45, 7) is 3.46. The van der Waals surface area contributed by atoms with Crippen molar-refractivity contribution in [3.05, 3.63) is 58.9 Å². The fourth-order valence-electron chi connectivity index (χ4n) is 3.16. The minimum Gasteiger partial charge on any atom is -0.390 e. The van der Waals surface area contributed by atoms with Crippen LogP contribution >= 0.6 is 0 Å². The molecule has 23 heavy (non-hydrogen) atoms. The molecule has 1 aromatic heterocycles. The van der Waals surface area contributed by atoms with E-state index in [-0.39, 0.29) is 12.5 Å².